The molecule has 0 amide bonds. The van der Waals surface area contributed by atoms with Crippen molar-refractivity contribution < 1.29 is 9.53 Å². The fraction of sp³-hybridized carbons (Fsp3) is 0.0625. The molecule has 2 aromatic carbocycles. The smallest absolute Gasteiger partial charge is 0.196 e. The number of hydrogen-bond donors (Lipinski definition) is 0. The Labute approximate surface area is 126 Å². The molecule has 0 N–H and O–H groups in total. The minimum atomic E-state index is -0.0158. The number of ether oxygens (including phenoxy) is 1. The monoisotopic (exact) mass is 304 g/mol. The zero-order valence-corrected chi connectivity index (χ0v) is 11.9. The van der Waals surface area contributed by atoms with E-state index in [1.54, 1.807) is 30.3 Å². The van der Waals surface area contributed by atoms with E-state index in [2.05, 4.69) is 0 Å². The van der Waals surface area contributed by atoms with Crippen LogP contribution in [0.15, 0.2) is 48.0 Å². The molecule has 0 unspecified atom stereocenters. The van der Waals surface area contributed by atoms with Crippen molar-refractivity contribution in [1.82, 2.24) is 0 Å². The number of rotatable bonds is 1. The highest BCUT2D eigenvalue weighted by Gasteiger charge is 2.22. The highest BCUT2D eigenvalue weighted by molar-refractivity contribution is 6.42. The molecular weight excluding hydrogens is 295 g/mol. The molecule has 0 spiro atoms. The summed E-state index contributed by atoms with van der Waals surface area (Å²) in [5, 5.41) is 0.955. The van der Waals surface area contributed by atoms with Crippen LogP contribution in [0.3, 0.4) is 0 Å². The van der Waals surface area contributed by atoms with Crippen molar-refractivity contribution in [1.29, 1.82) is 0 Å². The third-order valence-electron chi connectivity index (χ3n) is 3.09. The van der Waals surface area contributed by atoms with Gasteiger partial charge in [-0.1, -0.05) is 41.4 Å². The lowest BCUT2D eigenvalue weighted by Gasteiger charge is -2.18. The van der Waals surface area contributed by atoms with E-state index in [0.29, 0.717) is 26.9 Å². The van der Waals surface area contributed by atoms with Crippen molar-refractivity contribution in [2.75, 3.05) is 6.61 Å². The van der Waals surface area contributed by atoms with Crippen LogP contribution in [-0.2, 0) is 0 Å². The average molecular weight is 305 g/mol. The summed E-state index contributed by atoms with van der Waals surface area (Å²) in [6.07, 6.45) is 1.78. The van der Waals surface area contributed by atoms with Gasteiger partial charge in [0.15, 0.2) is 5.78 Å². The molecule has 0 bridgehead atoms. The summed E-state index contributed by atoms with van der Waals surface area (Å²) in [6.45, 7) is 0.260. The van der Waals surface area contributed by atoms with Gasteiger partial charge in [-0.15, -0.1) is 0 Å². The molecule has 0 saturated carbocycles. The number of Topliss-reactive ketones (excluding diaryl/α,β-unsaturated/α-hetero) is 1. The Bertz CT molecular complexity index is 720. The maximum absolute atomic E-state index is 12.4. The quantitative estimate of drug-likeness (QED) is 0.717. The van der Waals surface area contributed by atoms with Gasteiger partial charge in [-0.05, 0) is 35.9 Å². The first-order valence-electron chi connectivity index (χ1n) is 6.07. The third-order valence-corrected chi connectivity index (χ3v) is 3.83. The molecule has 3 rings (SSSR count). The molecule has 0 saturated heterocycles. The van der Waals surface area contributed by atoms with E-state index in [9.17, 15) is 4.79 Å². The lowest BCUT2D eigenvalue weighted by molar-refractivity contribution is 0.100. The number of benzene rings is 2. The average Bonchev–Trinajstić information content (AvgIpc) is 2.46. The number of hydrogen-bond acceptors (Lipinski definition) is 2. The van der Waals surface area contributed by atoms with Gasteiger partial charge in [0, 0.05) is 5.57 Å². The summed E-state index contributed by atoms with van der Waals surface area (Å²) in [5.74, 6) is 0.613. The maximum Gasteiger partial charge on any atom is 0.196 e. The first-order chi connectivity index (χ1) is 9.65. The van der Waals surface area contributed by atoms with E-state index in [4.69, 9.17) is 27.9 Å². The van der Waals surface area contributed by atoms with E-state index in [0.717, 1.165) is 5.56 Å². The molecule has 1 heterocycles. The van der Waals surface area contributed by atoms with Crippen molar-refractivity contribution >= 4 is 35.1 Å². The van der Waals surface area contributed by atoms with Crippen molar-refractivity contribution in [2.45, 2.75) is 0 Å². The lowest BCUT2D eigenvalue weighted by atomic mass is 9.98. The standard InChI is InChI=1S/C16H10Cl2O2/c17-13-6-5-10(8-14(13)18)7-11-9-20-15-4-2-1-3-12(15)16(11)19/h1-8H,9H2. The molecule has 0 fully saturated rings. The van der Waals surface area contributed by atoms with Gasteiger partial charge in [-0.2, -0.15) is 0 Å². The molecule has 0 atom stereocenters. The predicted molar refractivity (Wildman–Crippen MR) is 80.7 cm³/mol. The van der Waals surface area contributed by atoms with Gasteiger partial charge in [0.05, 0.1) is 15.6 Å². The highest BCUT2D eigenvalue weighted by atomic mass is 35.5. The first kappa shape index (κ1) is 13.2. The summed E-state index contributed by atoms with van der Waals surface area (Å²) < 4.78 is 5.58. The predicted octanol–water partition coefficient (Wildman–Crippen LogP) is 4.65. The molecule has 20 heavy (non-hydrogen) atoms. The summed E-state index contributed by atoms with van der Waals surface area (Å²) in [5.41, 5.74) is 2.01. The van der Waals surface area contributed by atoms with Crippen LogP contribution in [0.1, 0.15) is 15.9 Å². The third kappa shape index (κ3) is 2.45. The van der Waals surface area contributed by atoms with Crippen LogP contribution in [0.25, 0.3) is 6.08 Å². The van der Waals surface area contributed by atoms with Crippen LogP contribution in [0.2, 0.25) is 10.0 Å². The molecule has 2 nitrogen and oxygen atoms in total. The number of carbonyl (C=O) groups is 1. The lowest BCUT2D eigenvalue weighted by Crippen LogP contribution is -2.18. The second-order valence-electron chi connectivity index (χ2n) is 4.46. The van der Waals surface area contributed by atoms with Crippen LogP contribution in [-0.4, -0.2) is 12.4 Å². The van der Waals surface area contributed by atoms with Gasteiger partial charge in [0.2, 0.25) is 0 Å². The Balaban J connectivity index is 1.97. The van der Waals surface area contributed by atoms with E-state index < -0.39 is 0 Å². The van der Waals surface area contributed by atoms with Gasteiger partial charge in [-0.25, -0.2) is 0 Å². The Morgan fingerprint density at radius 1 is 1.05 bits per heavy atom. The molecular formula is C16H10Cl2O2. The fourth-order valence-corrected chi connectivity index (χ4v) is 2.39. The molecule has 1 aliphatic rings. The zero-order chi connectivity index (χ0) is 14.1. The first-order valence-corrected chi connectivity index (χ1v) is 6.83. The van der Waals surface area contributed by atoms with Gasteiger partial charge < -0.3 is 4.74 Å². The Hall–Kier alpha value is -1.77. The van der Waals surface area contributed by atoms with Gasteiger partial charge in [0.25, 0.3) is 0 Å². The van der Waals surface area contributed by atoms with Crippen LogP contribution in [0.5, 0.6) is 5.75 Å². The summed E-state index contributed by atoms with van der Waals surface area (Å²) in [7, 11) is 0. The van der Waals surface area contributed by atoms with Gasteiger partial charge >= 0.3 is 0 Å². The Morgan fingerprint density at radius 3 is 2.65 bits per heavy atom. The molecule has 2 aromatic rings. The summed E-state index contributed by atoms with van der Waals surface area (Å²) in [6, 6.07) is 12.5. The minimum absolute atomic E-state index is 0.0158. The Kier molecular flexibility index (Phi) is 3.51. The number of ketones is 1. The zero-order valence-electron chi connectivity index (χ0n) is 10.4. The normalized spacial score (nSPS) is 15.9. The second-order valence-corrected chi connectivity index (χ2v) is 5.27. The second kappa shape index (κ2) is 5.31. The molecule has 0 radical (unpaired) electrons. The number of carbonyl (C=O) groups excluding carboxylic acids is 1. The van der Waals surface area contributed by atoms with Crippen LogP contribution in [0, 0.1) is 0 Å². The van der Waals surface area contributed by atoms with Crippen LogP contribution < -0.4 is 4.74 Å². The van der Waals surface area contributed by atoms with Crippen molar-refractivity contribution in [3.63, 3.8) is 0 Å². The molecule has 1 aliphatic heterocycles. The van der Waals surface area contributed by atoms with Crippen molar-refractivity contribution in [3.05, 3.63) is 69.2 Å². The van der Waals surface area contributed by atoms with Gasteiger partial charge in [-0.3, -0.25) is 4.79 Å². The minimum Gasteiger partial charge on any atom is -0.488 e. The van der Waals surface area contributed by atoms with Crippen molar-refractivity contribution in [3.8, 4) is 5.75 Å². The Morgan fingerprint density at radius 2 is 1.85 bits per heavy atom. The molecule has 4 heteroatoms. The number of fused-ring (bicyclic) bond motifs is 1. The number of halogens is 2. The van der Waals surface area contributed by atoms with Crippen LogP contribution in [0.4, 0.5) is 0 Å². The molecule has 0 aliphatic carbocycles. The topological polar surface area (TPSA) is 26.3 Å². The van der Waals surface area contributed by atoms with Crippen LogP contribution >= 0.6 is 23.2 Å². The molecule has 100 valence electrons. The summed E-state index contributed by atoms with van der Waals surface area (Å²) >= 11 is 11.8. The number of para-hydroxylation sites is 1. The maximum atomic E-state index is 12.4. The SMILES string of the molecule is O=C1C(=Cc2ccc(Cl)c(Cl)c2)COc2ccccc21. The van der Waals surface area contributed by atoms with E-state index in [1.807, 2.05) is 18.2 Å². The fourth-order valence-electron chi connectivity index (χ4n) is 2.08. The van der Waals surface area contributed by atoms with E-state index >= 15 is 0 Å². The van der Waals surface area contributed by atoms with Gasteiger partial charge in [0.1, 0.15) is 12.4 Å². The summed E-state index contributed by atoms with van der Waals surface area (Å²) in [4.78, 5) is 12.4. The van der Waals surface area contributed by atoms with E-state index in [1.165, 1.54) is 0 Å². The van der Waals surface area contributed by atoms with Crippen molar-refractivity contribution in [2.24, 2.45) is 0 Å². The highest BCUT2D eigenvalue weighted by Crippen LogP contribution is 2.29. The largest absolute Gasteiger partial charge is 0.488 e. The molecule has 0 aromatic heterocycles. The van der Waals surface area contributed by atoms with E-state index in [-0.39, 0.29) is 12.4 Å².